The van der Waals surface area contributed by atoms with Gasteiger partial charge in [0.05, 0.1) is 11.4 Å². The molecule has 2 saturated heterocycles. The third kappa shape index (κ3) is 1.55. The van der Waals surface area contributed by atoms with Crippen molar-refractivity contribution in [3.63, 3.8) is 0 Å². The zero-order chi connectivity index (χ0) is 10.3. The SMILES string of the molecule is Cc1nccnc1C1CC2CCC1NC2. The lowest BCUT2D eigenvalue weighted by molar-refractivity contribution is 0.180. The maximum Gasteiger partial charge on any atom is 0.0662 e. The van der Waals surface area contributed by atoms with E-state index in [1.807, 2.05) is 6.20 Å². The smallest absolute Gasteiger partial charge is 0.0662 e. The van der Waals surface area contributed by atoms with E-state index in [0.29, 0.717) is 12.0 Å². The van der Waals surface area contributed by atoms with Gasteiger partial charge in [-0.2, -0.15) is 0 Å². The summed E-state index contributed by atoms with van der Waals surface area (Å²) in [7, 11) is 0. The molecule has 1 N–H and O–H groups in total. The van der Waals surface area contributed by atoms with Gasteiger partial charge in [0.1, 0.15) is 0 Å². The van der Waals surface area contributed by atoms with Crippen molar-refractivity contribution in [1.29, 1.82) is 0 Å². The lowest BCUT2D eigenvalue weighted by Gasteiger charge is -2.43. The molecule has 0 radical (unpaired) electrons. The van der Waals surface area contributed by atoms with Crippen LogP contribution in [0.3, 0.4) is 0 Å². The summed E-state index contributed by atoms with van der Waals surface area (Å²) in [6, 6.07) is 0.644. The first-order valence-corrected chi connectivity index (χ1v) is 5.85. The molecule has 2 aliphatic heterocycles. The Morgan fingerprint density at radius 1 is 1.27 bits per heavy atom. The van der Waals surface area contributed by atoms with Gasteiger partial charge in [-0.15, -0.1) is 0 Å². The van der Waals surface area contributed by atoms with Gasteiger partial charge in [0.25, 0.3) is 0 Å². The summed E-state index contributed by atoms with van der Waals surface area (Å²) in [5, 5.41) is 3.63. The Morgan fingerprint density at radius 2 is 2.13 bits per heavy atom. The molecule has 3 aliphatic rings. The largest absolute Gasteiger partial charge is 0.313 e. The first kappa shape index (κ1) is 9.28. The fourth-order valence-electron chi connectivity index (χ4n) is 3.09. The molecule has 3 heterocycles. The van der Waals surface area contributed by atoms with E-state index in [2.05, 4.69) is 22.2 Å². The number of piperidine rings is 2. The average molecular weight is 203 g/mol. The number of aryl methyl sites for hydroxylation is 1. The molecule has 1 aliphatic carbocycles. The molecule has 4 rings (SSSR count). The quantitative estimate of drug-likeness (QED) is 0.754. The highest BCUT2D eigenvalue weighted by atomic mass is 15.0. The molecule has 0 amide bonds. The van der Waals surface area contributed by atoms with Crippen molar-refractivity contribution < 1.29 is 0 Å². The minimum absolute atomic E-state index is 0.603. The molecular formula is C12H17N3. The highest BCUT2D eigenvalue weighted by Gasteiger charge is 2.37. The van der Waals surface area contributed by atoms with Crippen LogP contribution in [0.25, 0.3) is 0 Å². The van der Waals surface area contributed by atoms with E-state index in [1.54, 1.807) is 6.20 Å². The molecule has 3 atom stereocenters. The number of rotatable bonds is 1. The maximum atomic E-state index is 4.52. The molecule has 1 saturated carbocycles. The summed E-state index contributed by atoms with van der Waals surface area (Å²) >= 11 is 0. The van der Waals surface area contributed by atoms with Gasteiger partial charge >= 0.3 is 0 Å². The normalized spacial score (nSPS) is 34.3. The van der Waals surface area contributed by atoms with Crippen LogP contribution in [0.15, 0.2) is 12.4 Å². The lowest BCUT2D eigenvalue weighted by atomic mass is 9.72. The van der Waals surface area contributed by atoms with E-state index in [1.165, 1.54) is 31.5 Å². The van der Waals surface area contributed by atoms with Crippen molar-refractivity contribution in [2.24, 2.45) is 5.92 Å². The van der Waals surface area contributed by atoms with Crippen molar-refractivity contribution in [2.45, 2.75) is 38.1 Å². The summed E-state index contributed by atoms with van der Waals surface area (Å²) in [6.07, 6.45) is 7.62. The van der Waals surface area contributed by atoms with E-state index in [-0.39, 0.29) is 0 Å². The second kappa shape index (κ2) is 3.56. The van der Waals surface area contributed by atoms with Crippen LogP contribution in [0.2, 0.25) is 0 Å². The summed E-state index contributed by atoms with van der Waals surface area (Å²) in [5.41, 5.74) is 2.33. The van der Waals surface area contributed by atoms with Gasteiger partial charge in [0.2, 0.25) is 0 Å². The van der Waals surface area contributed by atoms with E-state index in [4.69, 9.17) is 0 Å². The Hall–Kier alpha value is -0.960. The highest BCUT2D eigenvalue weighted by Crippen LogP contribution is 2.39. The minimum Gasteiger partial charge on any atom is -0.313 e. The van der Waals surface area contributed by atoms with Gasteiger partial charge in [-0.05, 0) is 38.6 Å². The number of fused-ring (bicyclic) bond motifs is 3. The monoisotopic (exact) mass is 203 g/mol. The van der Waals surface area contributed by atoms with Crippen molar-refractivity contribution in [3.8, 4) is 0 Å². The second-order valence-electron chi connectivity index (χ2n) is 4.83. The molecule has 0 spiro atoms. The fraction of sp³-hybridized carbons (Fsp3) is 0.667. The van der Waals surface area contributed by atoms with Gasteiger partial charge in [-0.1, -0.05) is 0 Å². The van der Waals surface area contributed by atoms with Crippen LogP contribution in [0.5, 0.6) is 0 Å². The predicted molar refractivity (Wildman–Crippen MR) is 58.6 cm³/mol. The van der Waals surface area contributed by atoms with E-state index in [9.17, 15) is 0 Å². The Labute approximate surface area is 90.3 Å². The second-order valence-corrected chi connectivity index (χ2v) is 4.83. The standard InChI is InChI=1S/C12H17N3/c1-8-12(14-5-4-13-8)10-6-9-2-3-11(10)15-7-9/h4-5,9-11,15H,2-3,6-7H2,1H3. The molecule has 3 heteroatoms. The minimum atomic E-state index is 0.603. The van der Waals surface area contributed by atoms with Gasteiger partial charge in [0.15, 0.2) is 0 Å². The molecule has 2 bridgehead atoms. The lowest BCUT2D eigenvalue weighted by Crippen LogP contribution is -2.49. The Morgan fingerprint density at radius 3 is 2.73 bits per heavy atom. The number of aromatic nitrogens is 2. The van der Waals surface area contributed by atoms with Crippen LogP contribution in [0.4, 0.5) is 0 Å². The van der Waals surface area contributed by atoms with Crippen LogP contribution in [-0.4, -0.2) is 22.6 Å². The first-order valence-electron chi connectivity index (χ1n) is 5.85. The zero-order valence-electron chi connectivity index (χ0n) is 9.11. The van der Waals surface area contributed by atoms with Crippen LogP contribution in [0, 0.1) is 12.8 Å². The number of hydrogen-bond acceptors (Lipinski definition) is 3. The fourth-order valence-corrected chi connectivity index (χ4v) is 3.09. The van der Waals surface area contributed by atoms with Crippen LogP contribution in [-0.2, 0) is 0 Å². The van der Waals surface area contributed by atoms with Gasteiger partial charge in [-0.25, -0.2) is 0 Å². The summed E-state index contributed by atoms with van der Waals surface area (Å²) in [5.74, 6) is 1.47. The van der Waals surface area contributed by atoms with Gasteiger partial charge < -0.3 is 5.32 Å². The molecular weight excluding hydrogens is 186 g/mol. The Kier molecular flexibility index (Phi) is 2.20. The summed E-state index contributed by atoms with van der Waals surface area (Å²) < 4.78 is 0. The van der Waals surface area contributed by atoms with E-state index >= 15 is 0 Å². The van der Waals surface area contributed by atoms with Crippen LogP contribution < -0.4 is 5.32 Å². The van der Waals surface area contributed by atoms with Crippen molar-refractivity contribution in [3.05, 3.63) is 23.8 Å². The Bertz CT molecular complexity index is 356. The molecule has 3 unspecified atom stereocenters. The van der Waals surface area contributed by atoms with Crippen LogP contribution in [0.1, 0.15) is 36.6 Å². The van der Waals surface area contributed by atoms with E-state index < -0.39 is 0 Å². The van der Waals surface area contributed by atoms with Gasteiger partial charge in [-0.3, -0.25) is 9.97 Å². The summed E-state index contributed by atoms with van der Waals surface area (Å²) in [4.78, 5) is 8.87. The number of hydrogen-bond donors (Lipinski definition) is 1. The molecule has 3 nitrogen and oxygen atoms in total. The molecule has 1 aromatic rings. The van der Waals surface area contributed by atoms with Crippen molar-refractivity contribution in [2.75, 3.05) is 6.54 Å². The third-order valence-electron chi connectivity index (χ3n) is 3.90. The van der Waals surface area contributed by atoms with Crippen LogP contribution >= 0.6 is 0 Å². The predicted octanol–water partition coefficient (Wildman–Crippen LogP) is 1.64. The molecule has 80 valence electrons. The molecule has 1 aromatic heterocycles. The van der Waals surface area contributed by atoms with Crippen molar-refractivity contribution >= 4 is 0 Å². The summed E-state index contributed by atoms with van der Waals surface area (Å²) in [6.45, 7) is 3.28. The average Bonchev–Trinajstić information content (AvgIpc) is 2.31. The zero-order valence-corrected chi connectivity index (χ0v) is 9.11. The number of nitrogens with zero attached hydrogens (tertiary/aromatic N) is 2. The molecule has 3 fully saturated rings. The van der Waals surface area contributed by atoms with E-state index in [0.717, 1.165) is 11.6 Å². The van der Waals surface area contributed by atoms with Crippen molar-refractivity contribution in [1.82, 2.24) is 15.3 Å². The topological polar surface area (TPSA) is 37.8 Å². The number of nitrogens with one attached hydrogen (secondary N) is 1. The maximum absolute atomic E-state index is 4.52. The Balaban J connectivity index is 1.91. The third-order valence-corrected chi connectivity index (χ3v) is 3.90. The highest BCUT2D eigenvalue weighted by molar-refractivity contribution is 5.19. The van der Waals surface area contributed by atoms with Gasteiger partial charge in [0, 0.05) is 24.4 Å². The first-order chi connectivity index (χ1) is 7.34. The molecule has 0 aromatic carbocycles. The molecule has 15 heavy (non-hydrogen) atoms.